The van der Waals surface area contributed by atoms with Crippen LogP contribution in [0.3, 0.4) is 0 Å². The highest BCUT2D eigenvalue weighted by Gasteiger charge is 2.43. The number of aryl methyl sites for hydroxylation is 1. The molecule has 112 valence electrons. The number of likely N-dealkylation sites (tertiary alicyclic amines) is 1. The van der Waals surface area contributed by atoms with E-state index in [9.17, 15) is 13.2 Å². The molecular weight excluding hydrogens is 267 g/mol. The van der Waals surface area contributed by atoms with Crippen LogP contribution in [0.5, 0.6) is 5.75 Å². The number of hydrogen-bond donors (Lipinski definition) is 0. The fourth-order valence-electron chi connectivity index (χ4n) is 2.42. The zero-order valence-corrected chi connectivity index (χ0v) is 11.6. The van der Waals surface area contributed by atoms with Crippen LogP contribution >= 0.6 is 0 Å². The Hall–Kier alpha value is -1.23. The molecule has 0 amide bonds. The minimum Gasteiger partial charge on any atom is -0.492 e. The minimum absolute atomic E-state index is 0.0988. The first kappa shape index (κ1) is 15.2. The Morgan fingerprint density at radius 2 is 1.95 bits per heavy atom. The first-order valence-electron chi connectivity index (χ1n) is 7.00. The number of rotatable bonds is 5. The predicted octanol–water partition coefficient (Wildman–Crippen LogP) is 3.51. The summed E-state index contributed by atoms with van der Waals surface area (Å²) in [4.78, 5) is 1.82. The van der Waals surface area contributed by atoms with Crippen LogP contribution < -0.4 is 4.74 Å². The number of ether oxygens (including phenoxy) is 1. The quantitative estimate of drug-likeness (QED) is 0.821. The van der Waals surface area contributed by atoms with Gasteiger partial charge in [0.2, 0.25) is 0 Å². The van der Waals surface area contributed by atoms with Gasteiger partial charge in [0.1, 0.15) is 12.4 Å². The predicted molar refractivity (Wildman–Crippen MR) is 71.9 cm³/mol. The van der Waals surface area contributed by atoms with E-state index in [1.807, 2.05) is 29.2 Å². The molecule has 0 bridgehead atoms. The number of alkyl halides is 3. The lowest BCUT2D eigenvalue weighted by Crippen LogP contribution is -2.30. The van der Waals surface area contributed by atoms with E-state index in [4.69, 9.17) is 4.74 Å². The van der Waals surface area contributed by atoms with Crippen molar-refractivity contribution in [1.82, 2.24) is 4.90 Å². The molecule has 0 N–H and O–H groups in total. The lowest BCUT2D eigenvalue weighted by molar-refractivity contribution is -0.170. The third-order valence-corrected chi connectivity index (χ3v) is 3.74. The van der Waals surface area contributed by atoms with Gasteiger partial charge in [-0.2, -0.15) is 13.2 Å². The van der Waals surface area contributed by atoms with Crippen molar-refractivity contribution < 1.29 is 17.9 Å². The number of nitrogens with zero attached hydrogens (tertiary/aromatic N) is 1. The molecule has 2 nitrogen and oxygen atoms in total. The van der Waals surface area contributed by atoms with Crippen LogP contribution in [0.25, 0.3) is 0 Å². The van der Waals surface area contributed by atoms with Crippen molar-refractivity contribution in [3.63, 3.8) is 0 Å². The highest BCUT2D eigenvalue weighted by molar-refractivity contribution is 5.27. The third kappa shape index (κ3) is 4.13. The van der Waals surface area contributed by atoms with E-state index in [-0.39, 0.29) is 13.0 Å². The molecule has 1 aliphatic rings. The molecule has 0 aromatic heterocycles. The highest BCUT2D eigenvalue weighted by atomic mass is 19.4. The van der Waals surface area contributed by atoms with Gasteiger partial charge in [-0.25, -0.2) is 0 Å². The summed E-state index contributed by atoms with van der Waals surface area (Å²) in [5.41, 5.74) is 1.24. The van der Waals surface area contributed by atoms with Gasteiger partial charge in [-0.3, -0.25) is 4.90 Å². The van der Waals surface area contributed by atoms with Gasteiger partial charge in [0.15, 0.2) is 0 Å². The Bertz CT molecular complexity index is 416. The normalized spacial score (nSPS) is 20.3. The number of halogens is 3. The second-order valence-corrected chi connectivity index (χ2v) is 5.17. The summed E-state index contributed by atoms with van der Waals surface area (Å²) in [6.07, 6.45) is -2.88. The highest BCUT2D eigenvalue weighted by Crippen LogP contribution is 2.33. The van der Waals surface area contributed by atoms with Crippen molar-refractivity contribution in [3.8, 4) is 5.75 Å². The average molecular weight is 287 g/mol. The van der Waals surface area contributed by atoms with Crippen LogP contribution in [-0.2, 0) is 6.42 Å². The van der Waals surface area contributed by atoms with E-state index in [0.717, 1.165) is 12.2 Å². The molecule has 1 aromatic rings. The van der Waals surface area contributed by atoms with Gasteiger partial charge in [0.25, 0.3) is 0 Å². The largest absolute Gasteiger partial charge is 0.492 e. The molecular formula is C15H20F3NO. The Morgan fingerprint density at radius 1 is 1.25 bits per heavy atom. The van der Waals surface area contributed by atoms with Crippen LogP contribution in [0.2, 0.25) is 0 Å². The Balaban J connectivity index is 1.71. The van der Waals surface area contributed by atoms with Crippen molar-refractivity contribution in [2.24, 2.45) is 5.92 Å². The van der Waals surface area contributed by atoms with Crippen molar-refractivity contribution in [2.75, 3.05) is 26.2 Å². The second-order valence-electron chi connectivity index (χ2n) is 5.17. The van der Waals surface area contributed by atoms with Crippen LogP contribution in [0, 0.1) is 5.92 Å². The Kier molecular flexibility index (Phi) is 4.91. The Labute approximate surface area is 117 Å². The molecule has 0 saturated carbocycles. The average Bonchev–Trinajstić information content (AvgIpc) is 2.88. The van der Waals surface area contributed by atoms with Crippen LogP contribution in [0.1, 0.15) is 18.9 Å². The van der Waals surface area contributed by atoms with Crippen molar-refractivity contribution in [1.29, 1.82) is 0 Å². The molecule has 1 fully saturated rings. The molecule has 0 unspecified atom stereocenters. The molecule has 0 aliphatic carbocycles. The number of benzene rings is 1. The molecule has 1 aliphatic heterocycles. The van der Waals surface area contributed by atoms with E-state index >= 15 is 0 Å². The first-order chi connectivity index (χ1) is 9.49. The van der Waals surface area contributed by atoms with E-state index < -0.39 is 12.1 Å². The minimum atomic E-state index is -4.06. The van der Waals surface area contributed by atoms with Gasteiger partial charge in [0.05, 0.1) is 5.92 Å². The molecule has 1 saturated heterocycles. The lowest BCUT2D eigenvalue weighted by Gasteiger charge is -2.17. The van der Waals surface area contributed by atoms with Crippen molar-refractivity contribution in [2.45, 2.75) is 25.9 Å². The monoisotopic (exact) mass is 287 g/mol. The molecule has 0 spiro atoms. The molecule has 1 aromatic carbocycles. The summed E-state index contributed by atoms with van der Waals surface area (Å²) in [5.74, 6) is -0.403. The topological polar surface area (TPSA) is 12.5 Å². The molecule has 1 atom stereocenters. The maximum absolute atomic E-state index is 12.5. The van der Waals surface area contributed by atoms with Gasteiger partial charge >= 0.3 is 6.18 Å². The van der Waals surface area contributed by atoms with E-state index in [0.29, 0.717) is 19.7 Å². The zero-order valence-electron chi connectivity index (χ0n) is 11.6. The Morgan fingerprint density at radius 3 is 2.50 bits per heavy atom. The fraction of sp³-hybridized carbons (Fsp3) is 0.600. The molecule has 1 heterocycles. The maximum atomic E-state index is 12.5. The van der Waals surface area contributed by atoms with Crippen molar-refractivity contribution >= 4 is 0 Å². The zero-order chi connectivity index (χ0) is 14.6. The number of hydrogen-bond acceptors (Lipinski definition) is 2. The van der Waals surface area contributed by atoms with E-state index in [2.05, 4.69) is 6.92 Å². The summed E-state index contributed by atoms with van der Waals surface area (Å²) in [6, 6.07) is 7.82. The SMILES string of the molecule is CCc1ccc(OCCN2CC[C@@H](C(F)(F)F)C2)cc1. The van der Waals surface area contributed by atoms with Gasteiger partial charge in [-0.15, -0.1) is 0 Å². The summed E-state index contributed by atoms with van der Waals surface area (Å²) in [6.45, 7) is 3.66. The summed E-state index contributed by atoms with van der Waals surface area (Å²) < 4.78 is 43.2. The first-order valence-corrected chi connectivity index (χ1v) is 7.00. The van der Waals surface area contributed by atoms with Crippen LogP contribution in [0.15, 0.2) is 24.3 Å². The van der Waals surface area contributed by atoms with Crippen LogP contribution in [-0.4, -0.2) is 37.3 Å². The van der Waals surface area contributed by atoms with Gasteiger partial charge in [0, 0.05) is 13.1 Å². The fourth-order valence-corrected chi connectivity index (χ4v) is 2.42. The van der Waals surface area contributed by atoms with E-state index in [1.54, 1.807) is 0 Å². The smallest absolute Gasteiger partial charge is 0.393 e. The van der Waals surface area contributed by atoms with Crippen LogP contribution in [0.4, 0.5) is 13.2 Å². The summed E-state index contributed by atoms with van der Waals surface area (Å²) in [7, 11) is 0. The van der Waals surface area contributed by atoms with Gasteiger partial charge < -0.3 is 4.74 Å². The summed E-state index contributed by atoms with van der Waals surface area (Å²) in [5, 5.41) is 0. The van der Waals surface area contributed by atoms with Crippen molar-refractivity contribution in [3.05, 3.63) is 29.8 Å². The lowest BCUT2D eigenvalue weighted by atomic mass is 10.1. The molecule has 0 radical (unpaired) electrons. The second kappa shape index (κ2) is 6.48. The standard InChI is InChI=1S/C15H20F3NO/c1-2-12-3-5-14(6-4-12)20-10-9-19-8-7-13(11-19)15(16,17)18/h3-6,13H,2,7-11H2,1H3/t13-/m1/s1. The van der Waals surface area contributed by atoms with E-state index in [1.165, 1.54) is 5.56 Å². The third-order valence-electron chi connectivity index (χ3n) is 3.74. The van der Waals surface area contributed by atoms with Gasteiger partial charge in [-0.05, 0) is 37.1 Å². The summed E-state index contributed by atoms with van der Waals surface area (Å²) >= 11 is 0. The maximum Gasteiger partial charge on any atom is 0.393 e. The molecule has 2 rings (SSSR count). The molecule has 20 heavy (non-hydrogen) atoms. The molecule has 5 heteroatoms. The van der Waals surface area contributed by atoms with Gasteiger partial charge in [-0.1, -0.05) is 19.1 Å².